The van der Waals surface area contributed by atoms with E-state index >= 15 is 0 Å². The van der Waals surface area contributed by atoms with Crippen LogP contribution in [0.2, 0.25) is 0 Å². The van der Waals surface area contributed by atoms with Crippen molar-refractivity contribution in [3.05, 3.63) is 23.3 Å². The number of hydrogen-bond donors (Lipinski definition) is 1. The van der Waals surface area contributed by atoms with E-state index in [-0.39, 0.29) is 45.7 Å². The number of nitrogens with zero attached hydrogens (tertiary/aromatic N) is 1. The van der Waals surface area contributed by atoms with Crippen LogP contribution in [0.25, 0.3) is 0 Å². The third-order valence-corrected chi connectivity index (χ3v) is 3.21. The molecule has 0 spiro atoms. The smallest absolute Gasteiger partial charge is 0.446 e. The zero-order valence-electron chi connectivity index (χ0n) is 10.3. The van der Waals surface area contributed by atoms with Crippen LogP contribution in [0.4, 0.5) is 13.2 Å². The molecule has 20 heavy (non-hydrogen) atoms. The predicted octanol–water partition coefficient (Wildman–Crippen LogP) is 3.56. The molecule has 0 bridgehead atoms. The van der Waals surface area contributed by atoms with Gasteiger partial charge in [-0.05, 0) is 36.4 Å². The summed E-state index contributed by atoms with van der Waals surface area (Å²) in [6, 6.07) is 4.13. The molecule has 0 amide bonds. The van der Waals surface area contributed by atoms with Crippen molar-refractivity contribution in [3.63, 3.8) is 0 Å². The van der Waals surface area contributed by atoms with Crippen molar-refractivity contribution in [2.45, 2.75) is 28.6 Å². The molecule has 0 aliphatic rings. The Labute approximate surface area is 123 Å². The zero-order chi connectivity index (χ0) is 15.3. The van der Waals surface area contributed by atoms with E-state index in [0.717, 1.165) is 12.1 Å². The maximum Gasteiger partial charge on any atom is 0.446 e. The zero-order valence-corrected chi connectivity index (χ0v) is 12.0. The fourth-order valence-corrected chi connectivity index (χ4v) is 2.55. The first kappa shape index (κ1) is 16.7. The highest BCUT2D eigenvalue weighted by atomic mass is 32.2. The second-order valence-corrected chi connectivity index (χ2v) is 5.24. The van der Waals surface area contributed by atoms with Gasteiger partial charge in [0.05, 0.1) is 18.6 Å². The van der Waals surface area contributed by atoms with Gasteiger partial charge in [-0.25, -0.2) is 0 Å². The molecule has 0 heterocycles. The fraction of sp³-hybridized carbons (Fsp3) is 0.333. The number of rotatable bonds is 4. The van der Waals surface area contributed by atoms with E-state index in [1.54, 1.807) is 6.92 Å². The van der Waals surface area contributed by atoms with Crippen LogP contribution in [0.3, 0.4) is 0 Å². The summed E-state index contributed by atoms with van der Waals surface area (Å²) in [5.74, 6) is -0.606. The lowest BCUT2D eigenvalue weighted by atomic mass is 10.1. The average molecular weight is 321 g/mol. The largest absolute Gasteiger partial charge is 0.466 e. The van der Waals surface area contributed by atoms with Gasteiger partial charge in [0.1, 0.15) is 6.07 Å². The van der Waals surface area contributed by atoms with Gasteiger partial charge in [0.25, 0.3) is 0 Å². The molecule has 0 saturated carbocycles. The number of carbonyl (C=O) groups is 1. The summed E-state index contributed by atoms with van der Waals surface area (Å²) in [6.07, 6.45) is -0.267. The standard InChI is InChI=1S/C12H10F3NO2S2/c1-2-18-11(17)4-7-3-8(20-12(13,14)15)5-10(19)9(7)6-16/h3,5,19H,2,4H2,1H3. The number of nitriles is 1. The highest BCUT2D eigenvalue weighted by Crippen LogP contribution is 2.38. The van der Waals surface area contributed by atoms with Gasteiger partial charge in [0, 0.05) is 9.79 Å². The first-order valence-electron chi connectivity index (χ1n) is 5.44. The molecule has 0 unspecified atom stereocenters. The molecule has 0 aliphatic carbocycles. The van der Waals surface area contributed by atoms with Gasteiger partial charge in [-0.1, -0.05) is 0 Å². The van der Waals surface area contributed by atoms with E-state index in [1.165, 1.54) is 0 Å². The lowest BCUT2D eigenvalue weighted by Crippen LogP contribution is -2.09. The van der Waals surface area contributed by atoms with Crippen LogP contribution in [0, 0.1) is 11.3 Å². The van der Waals surface area contributed by atoms with Gasteiger partial charge in [-0.3, -0.25) is 4.79 Å². The van der Waals surface area contributed by atoms with Crippen LogP contribution in [0.5, 0.6) is 0 Å². The van der Waals surface area contributed by atoms with Crippen LogP contribution in [-0.2, 0) is 16.0 Å². The fourth-order valence-electron chi connectivity index (χ4n) is 1.49. The summed E-state index contributed by atoms with van der Waals surface area (Å²) in [5.41, 5.74) is -4.20. The van der Waals surface area contributed by atoms with E-state index in [2.05, 4.69) is 12.6 Å². The van der Waals surface area contributed by atoms with Gasteiger partial charge < -0.3 is 4.74 Å². The second kappa shape index (κ2) is 6.90. The maximum absolute atomic E-state index is 12.4. The molecule has 0 atom stereocenters. The van der Waals surface area contributed by atoms with E-state index < -0.39 is 11.5 Å². The summed E-state index contributed by atoms with van der Waals surface area (Å²) < 4.78 is 41.8. The number of alkyl halides is 3. The Morgan fingerprint density at radius 1 is 1.50 bits per heavy atom. The van der Waals surface area contributed by atoms with E-state index in [9.17, 15) is 18.0 Å². The number of benzene rings is 1. The number of hydrogen-bond acceptors (Lipinski definition) is 5. The van der Waals surface area contributed by atoms with Crippen LogP contribution in [-0.4, -0.2) is 18.1 Å². The SMILES string of the molecule is CCOC(=O)Cc1cc(SC(F)(F)F)cc(S)c1C#N. The van der Waals surface area contributed by atoms with Crippen molar-refractivity contribution < 1.29 is 22.7 Å². The highest BCUT2D eigenvalue weighted by Gasteiger charge is 2.30. The summed E-state index contributed by atoms with van der Waals surface area (Å²) >= 11 is 3.66. The molecule has 0 N–H and O–H groups in total. The van der Waals surface area contributed by atoms with E-state index in [4.69, 9.17) is 10.00 Å². The van der Waals surface area contributed by atoms with Gasteiger partial charge in [0.2, 0.25) is 0 Å². The molecular formula is C12H10F3NO2S2. The van der Waals surface area contributed by atoms with Gasteiger partial charge in [-0.2, -0.15) is 18.4 Å². The number of thioether (sulfide) groups is 1. The van der Waals surface area contributed by atoms with E-state index in [0.29, 0.717) is 0 Å². The molecule has 1 rings (SSSR count). The van der Waals surface area contributed by atoms with Crippen LogP contribution in [0.1, 0.15) is 18.1 Å². The molecule has 0 aromatic heterocycles. The monoisotopic (exact) mass is 321 g/mol. The first-order chi connectivity index (χ1) is 9.26. The molecule has 0 aliphatic heterocycles. The lowest BCUT2D eigenvalue weighted by Gasteiger charge is -2.11. The third-order valence-electron chi connectivity index (χ3n) is 2.16. The summed E-state index contributed by atoms with van der Waals surface area (Å²) in [4.78, 5) is 11.4. The van der Waals surface area contributed by atoms with Crippen LogP contribution >= 0.6 is 24.4 Å². The minimum atomic E-state index is -4.45. The molecule has 108 valence electrons. The summed E-state index contributed by atoms with van der Waals surface area (Å²) in [5, 5.41) is 8.99. The number of esters is 1. The predicted molar refractivity (Wildman–Crippen MR) is 70.7 cm³/mol. The third kappa shape index (κ3) is 4.98. The Bertz CT molecular complexity index is 553. The van der Waals surface area contributed by atoms with Crippen molar-refractivity contribution in [1.82, 2.24) is 0 Å². The van der Waals surface area contributed by atoms with Crippen LogP contribution in [0.15, 0.2) is 21.9 Å². The maximum atomic E-state index is 12.4. The molecule has 0 saturated heterocycles. The van der Waals surface area contributed by atoms with E-state index in [1.807, 2.05) is 6.07 Å². The van der Waals surface area contributed by atoms with Crippen molar-refractivity contribution >= 4 is 30.4 Å². The van der Waals surface area contributed by atoms with Gasteiger partial charge >= 0.3 is 11.5 Å². The Morgan fingerprint density at radius 3 is 2.65 bits per heavy atom. The second-order valence-electron chi connectivity index (χ2n) is 3.62. The Kier molecular flexibility index (Phi) is 5.77. The normalized spacial score (nSPS) is 11.0. The summed E-state index contributed by atoms with van der Waals surface area (Å²) in [7, 11) is 0. The molecule has 1 aromatic carbocycles. The molecule has 0 fully saturated rings. The molecule has 0 radical (unpaired) electrons. The van der Waals surface area contributed by atoms with Crippen molar-refractivity contribution in [1.29, 1.82) is 5.26 Å². The van der Waals surface area contributed by atoms with Crippen molar-refractivity contribution in [2.24, 2.45) is 0 Å². The van der Waals surface area contributed by atoms with Crippen LogP contribution < -0.4 is 0 Å². The number of carbonyl (C=O) groups excluding carboxylic acids is 1. The highest BCUT2D eigenvalue weighted by molar-refractivity contribution is 8.00. The van der Waals surface area contributed by atoms with Gasteiger partial charge in [0.15, 0.2) is 0 Å². The van der Waals surface area contributed by atoms with Crippen molar-refractivity contribution in [3.8, 4) is 6.07 Å². The van der Waals surface area contributed by atoms with Gasteiger partial charge in [-0.15, -0.1) is 12.6 Å². The lowest BCUT2D eigenvalue weighted by molar-refractivity contribution is -0.142. The Hall–Kier alpha value is -1.33. The average Bonchev–Trinajstić information content (AvgIpc) is 2.26. The quantitative estimate of drug-likeness (QED) is 0.523. The molecular weight excluding hydrogens is 311 g/mol. The number of ether oxygens (including phenoxy) is 1. The molecule has 1 aromatic rings. The number of halogens is 3. The van der Waals surface area contributed by atoms with Crippen molar-refractivity contribution in [2.75, 3.05) is 6.61 Å². The number of thiol groups is 1. The first-order valence-corrected chi connectivity index (χ1v) is 6.70. The Balaban J connectivity index is 3.13. The minimum absolute atomic E-state index is 0.0768. The topological polar surface area (TPSA) is 50.1 Å². The minimum Gasteiger partial charge on any atom is -0.466 e. The summed E-state index contributed by atoms with van der Waals surface area (Å²) in [6.45, 7) is 1.77. The molecule has 8 heteroatoms. The molecule has 3 nitrogen and oxygen atoms in total. The Morgan fingerprint density at radius 2 is 2.15 bits per heavy atom.